The summed E-state index contributed by atoms with van der Waals surface area (Å²) in [6, 6.07) is 4.65. The van der Waals surface area contributed by atoms with E-state index in [-0.39, 0.29) is 18.0 Å². The molecule has 0 spiro atoms. The zero-order chi connectivity index (χ0) is 17.9. The van der Waals surface area contributed by atoms with E-state index in [0.29, 0.717) is 41.7 Å². The number of carbonyl (C=O) groups is 1. The van der Waals surface area contributed by atoms with E-state index in [4.69, 9.17) is 23.2 Å². The summed E-state index contributed by atoms with van der Waals surface area (Å²) in [5.74, 6) is -0.173. The Labute approximate surface area is 152 Å². The number of nitrogens with one attached hydrogen (secondary N) is 2. The first-order valence-electron chi connectivity index (χ1n) is 7.63. The predicted octanol–water partition coefficient (Wildman–Crippen LogP) is 2.33. The van der Waals surface area contributed by atoms with Gasteiger partial charge in [-0.1, -0.05) is 29.3 Å². The zero-order valence-corrected chi connectivity index (χ0v) is 15.9. The second kappa shape index (κ2) is 8.01. The van der Waals surface area contributed by atoms with Crippen LogP contribution in [0, 0.1) is 0 Å². The third-order valence-electron chi connectivity index (χ3n) is 4.05. The van der Waals surface area contributed by atoms with Crippen LogP contribution in [0.2, 0.25) is 10.0 Å². The molecular weight excluding hydrogens is 373 g/mol. The van der Waals surface area contributed by atoms with E-state index in [0.717, 1.165) is 6.26 Å². The number of likely N-dealkylation sites (tertiary alicyclic amines) is 1. The Hall–Kier alpha value is -0.860. The lowest BCUT2D eigenvalue weighted by molar-refractivity contribution is -0.121. The Bertz CT molecular complexity index is 704. The quantitative estimate of drug-likeness (QED) is 0.804. The Morgan fingerprint density at radius 1 is 1.29 bits per heavy atom. The van der Waals surface area contributed by atoms with E-state index in [1.165, 1.54) is 0 Å². The number of rotatable bonds is 5. The molecule has 2 N–H and O–H groups in total. The van der Waals surface area contributed by atoms with Crippen LogP contribution in [0.15, 0.2) is 18.2 Å². The molecular formula is C15H21Cl2N3O3S. The van der Waals surface area contributed by atoms with E-state index < -0.39 is 10.0 Å². The minimum absolute atomic E-state index is 0.0751. The standard InChI is InChI=1S/C15H21Cl2N3O3S/c1-10(15(21)18-13-5-3-4-12(16)14(13)17)20-8-6-11(7-9-20)19-24(2,22)23/h3-5,10-11,19H,6-9H2,1-2H3,(H,18,21). The number of hydrogen-bond acceptors (Lipinski definition) is 4. The number of halogens is 2. The molecule has 9 heteroatoms. The Morgan fingerprint density at radius 2 is 1.92 bits per heavy atom. The van der Waals surface area contributed by atoms with Crippen molar-refractivity contribution < 1.29 is 13.2 Å². The molecule has 2 rings (SSSR count). The van der Waals surface area contributed by atoms with E-state index in [1.807, 2.05) is 11.8 Å². The van der Waals surface area contributed by atoms with Crippen LogP contribution in [-0.2, 0) is 14.8 Å². The van der Waals surface area contributed by atoms with Crippen molar-refractivity contribution in [2.45, 2.75) is 31.8 Å². The number of nitrogens with zero attached hydrogens (tertiary/aromatic N) is 1. The molecule has 0 radical (unpaired) electrons. The van der Waals surface area contributed by atoms with Crippen LogP contribution in [-0.4, -0.2) is 50.7 Å². The summed E-state index contributed by atoms with van der Waals surface area (Å²) in [5, 5.41) is 3.49. The van der Waals surface area contributed by atoms with Gasteiger partial charge in [0, 0.05) is 19.1 Å². The van der Waals surface area contributed by atoms with Crippen molar-refractivity contribution in [1.82, 2.24) is 9.62 Å². The van der Waals surface area contributed by atoms with Gasteiger partial charge in [0.15, 0.2) is 0 Å². The Morgan fingerprint density at radius 3 is 2.50 bits per heavy atom. The fourth-order valence-electron chi connectivity index (χ4n) is 2.71. The molecule has 0 bridgehead atoms. The number of amides is 1. The molecule has 134 valence electrons. The van der Waals surface area contributed by atoms with Gasteiger partial charge in [-0.3, -0.25) is 9.69 Å². The van der Waals surface area contributed by atoms with Gasteiger partial charge in [-0.15, -0.1) is 0 Å². The third-order valence-corrected chi connectivity index (χ3v) is 5.63. The van der Waals surface area contributed by atoms with Gasteiger partial charge >= 0.3 is 0 Å². The highest BCUT2D eigenvalue weighted by Gasteiger charge is 2.28. The molecule has 1 aliphatic heterocycles. The Balaban J connectivity index is 1.91. The van der Waals surface area contributed by atoms with Crippen molar-refractivity contribution in [2.75, 3.05) is 24.7 Å². The van der Waals surface area contributed by atoms with Crippen molar-refractivity contribution in [1.29, 1.82) is 0 Å². The molecule has 0 aromatic heterocycles. The molecule has 24 heavy (non-hydrogen) atoms. The smallest absolute Gasteiger partial charge is 0.241 e. The number of piperidine rings is 1. The number of hydrogen-bond donors (Lipinski definition) is 2. The van der Waals surface area contributed by atoms with Crippen LogP contribution >= 0.6 is 23.2 Å². The van der Waals surface area contributed by atoms with Gasteiger partial charge in [0.05, 0.1) is 28.0 Å². The van der Waals surface area contributed by atoms with Crippen molar-refractivity contribution >= 4 is 44.8 Å². The molecule has 1 aromatic rings. The van der Waals surface area contributed by atoms with Crippen molar-refractivity contribution in [3.05, 3.63) is 28.2 Å². The fraction of sp³-hybridized carbons (Fsp3) is 0.533. The first-order valence-corrected chi connectivity index (χ1v) is 10.3. The normalized spacial score (nSPS) is 18.3. The van der Waals surface area contributed by atoms with Crippen LogP contribution in [0.5, 0.6) is 0 Å². The second-order valence-electron chi connectivity index (χ2n) is 5.97. The lowest BCUT2D eigenvalue weighted by Gasteiger charge is -2.35. The zero-order valence-electron chi connectivity index (χ0n) is 13.6. The highest BCUT2D eigenvalue weighted by molar-refractivity contribution is 7.88. The van der Waals surface area contributed by atoms with E-state index in [9.17, 15) is 13.2 Å². The summed E-state index contributed by atoms with van der Waals surface area (Å²) in [7, 11) is -3.20. The lowest BCUT2D eigenvalue weighted by Crippen LogP contribution is -2.50. The first kappa shape index (κ1) is 19.5. The maximum Gasteiger partial charge on any atom is 0.241 e. The fourth-order valence-corrected chi connectivity index (χ4v) is 3.90. The average Bonchev–Trinajstić information content (AvgIpc) is 2.50. The molecule has 1 aliphatic rings. The van der Waals surface area contributed by atoms with Crippen molar-refractivity contribution in [2.24, 2.45) is 0 Å². The van der Waals surface area contributed by atoms with Gasteiger partial charge in [-0.2, -0.15) is 0 Å². The highest BCUT2D eigenvalue weighted by atomic mass is 35.5. The minimum Gasteiger partial charge on any atom is -0.323 e. The van der Waals surface area contributed by atoms with E-state index in [1.54, 1.807) is 18.2 Å². The van der Waals surface area contributed by atoms with Gasteiger partial charge in [-0.05, 0) is 31.9 Å². The number of carbonyl (C=O) groups excluding carboxylic acids is 1. The molecule has 1 aromatic carbocycles. The van der Waals surface area contributed by atoms with Crippen molar-refractivity contribution in [3.63, 3.8) is 0 Å². The Kier molecular flexibility index (Phi) is 6.50. The number of sulfonamides is 1. The third kappa shape index (κ3) is 5.32. The van der Waals surface area contributed by atoms with Gasteiger partial charge in [-0.25, -0.2) is 13.1 Å². The summed E-state index contributed by atoms with van der Waals surface area (Å²) in [6.45, 7) is 3.11. The van der Waals surface area contributed by atoms with Crippen molar-refractivity contribution in [3.8, 4) is 0 Å². The minimum atomic E-state index is -3.20. The average molecular weight is 394 g/mol. The molecule has 1 fully saturated rings. The molecule has 1 heterocycles. The summed E-state index contributed by atoms with van der Waals surface area (Å²) >= 11 is 12.0. The van der Waals surface area contributed by atoms with Crippen LogP contribution < -0.4 is 10.0 Å². The number of benzene rings is 1. The summed E-state index contributed by atoms with van der Waals surface area (Å²) in [4.78, 5) is 14.4. The molecule has 1 saturated heterocycles. The largest absolute Gasteiger partial charge is 0.323 e. The van der Waals surface area contributed by atoms with Crippen LogP contribution in [0.4, 0.5) is 5.69 Å². The number of anilines is 1. The monoisotopic (exact) mass is 393 g/mol. The van der Waals surface area contributed by atoms with Gasteiger partial charge in [0.1, 0.15) is 0 Å². The SMILES string of the molecule is CC(C(=O)Nc1cccc(Cl)c1Cl)N1CCC(NS(C)(=O)=O)CC1. The topological polar surface area (TPSA) is 78.5 Å². The lowest BCUT2D eigenvalue weighted by atomic mass is 10.0. The summed E-state index contributed by atoms with van der Waals surface area (Å²) < 4.78 is 25.2. The van der Waals surface area contributed by atoms with Gasteiger partial charge < -0.3 is 5.32 Å². The van der Waals surface area contributed by atoms with Gasteiger partial charge in [0.25, 0.3) is 0 Å². The molecule has 1 unspecified atom stereocenters. The first-order chi connectivity index (χ1) is 11.2. The van der Waals surface area contributed by atoms with Crippen LogP contribution in [0.1, 0.15) is 19.8 Å². The summed E-state index contributed by atoms with van der Waals surface area (Å²) in [5.41, 5.74) is 0.481. The predicted molar refractivity (Wildman–Crippen MR) is 97.1 cm³/mol. The van der Waals surface area contributed by atoms with E-state index >= 15 is 0 Å². The highest BCUT2D eigenvalue weighted by Crippen LogP contribution is 2.29. The molecule has 6 nitrogen and oxygen atoms in total. The molecule has 1 amide bonds. The van der Waals surface area contributed by atoms with E-state index in [2.05, 4.69) is 10.0 Å². The molecule has 0 aliphatic carbocycles. The maximum atomic E-state index is 12.4. The van der Waals surface area contributed by atoms with Gasteiger partial charge in [0.2, 0.25) is 15.9 Å². The maximum absolute atomic E-state index is 12.4. The second-order valence-corrected chi connectivity index (χ2v) is 8.53. The molecule has 1 atom stereocenters. The summed E-state index contributed by atoms with van der Waals surface area (Å²) in [6.07, 6.45) is 2.50. The molecule has 0 saturated carbocycles. The van der Waals surface area contributed by atoms with Crippen LogP contribution in [0.25, 0.3) is 0 Å². The van der Waals surface area contributed by atoms with Crippen LogP contribution in [0.3, 0.4) is 0 Å².